The van der Waals surface area contributed by atoms with Crippen molar-refractivity contribution in [3.8, 4) is 11.4 Å². The zero-order chi connectivity index (χ0) is 19.8. The maximum Gasteiger partial charge on any atom is 0.272 e. The van der Waals surface area contributed by atoms with Crippen LogP contribution in [0.5, 0.6) is 0 Å². The Balaban J connectivity index is 1.82. The molecule has 0 bridgehead atoms. The van der Waals surface area contributed by atoms with Gasteiger partial charge in [-0.1, -0.05) is 42.0 Å². The molecule has 0 saturated carbocycles. The first-order valence-corrected chi connectivity index (χ1v) is 10.4. The summed E-state index contributed by atoms with van der Waals surface area (Å²) in [6.07, 6.45) is 8.38. The number of carbonyl (C=O) groups excluding carboxylic acids is 1. The van der Waals surface area contributed by atoms with Crippen LogP contribution in [0.25, 0.3) is 11.4 Å². The summed E-state index contributed by atoms with van der Waals surface area (Å²) >= 11 is 0. The van der Waals surface area contributed by atoms with Gasteiger partial charge in [0.1, 0.15) is 11.5 Å². The molecule has 2 aromatic rings. The second kappa shape index (κ2) is 10.0. The van der Waals surface area contributed by atoms with Crippen molar-refractivity contribution < 1.29 is 4.79 Å². The summed E-state index contributed by atoms with van der Waals surface area (Å²) in [6.45, 7) is 6.11. The topological polar surface area (TPSA) is 58.1 Å². The summed E-state index contributed by atoms with van der Waals surface area (Å²) in [4.78, 5) is 23.9. The van der Waals surface area contributed by atoms with E-state index >= 15 is 0 Å². The van der Waals surface area contributed by atoms with E-state index in [-0.39, 0.29) is 5.91 Å². The van der Waals surface area contributed by atoms with Crippen LogP contribution in [0, 0.1) is 0 Å². The molecule has 0 atom stereocenters. The second-order valence-electron chi connectivity index (χ2n) is 7.09. The number of nitrogens with one attached hydrogen (secondary N) is 1. The van der Waals surface area contributed by atoms with Gasteiger partial charge in [-0.25, -0.2) is 9.97 Å². The van der Waals surface area contributed by atoms with Gasteiger partial charge in [-0.15, -0.1) is 0 Å². The van der Waals surface area contributed by atoms with Gasteiger partial charge in [-0.2, -0.15) is 0 Å². The second-order valence-corrected chi connectivity index (χ2v) is 7.09. The third kappa shape index (κ3) is 5.18. The number of anilines is 1. The molecule has 3 rings (SSSR count). The first kappa shape index (κ1) is 20.1. The lowest BCUT2D eigenvalue weighted by Gasteiger charge is -2.19. The summed E-state index contributed by atoms with van der Waals surface area (Å²) in [6, 6.07) is 11.6. The molecular formula is C23H30N4O. The highest BCUT2D eigenvalue weighted by Gasteiger charge is 2.17. The highest BCUT2D eigenvalue weighted by molar-refractivity contribution is 5.93. The van der Waals surface area contributed by atoms with Crippen LogP contribution in [-0.2, 0) is 0 Å². The predicted octanol–water partition coefficient (Wildman–Crippen LogP) is 4.93. The number of hydrogen-bond acceptors (Lipinski definition) is 4. The Kier molecular flexibility index (Phi) is 7.18. The molecule has 1 aliphatic carbocycles. The van der Waals surface area contributed by atoms with Gasteiger partial charge in [-0.05, 0) is 46.0 Å². The maximum atomic E-state index is 12.9. The first-order valence-electron chi connectivity index (χ1n) is 10.4. The molecule has 1 heterocycles. The van der Waals surface area contributed by atoms with Crippen LogP contribution in [0.3, 0.4) is 0 Å². The number of hydrogen-bond donors (Lipinski definition) is 1. The van der Waals surface area contributed by atoms with Gasteiger partial charge in [0.05, 0.1) is 0 Å². The fraction of sp³-hybridized carbons (Fsp3) is 0.435. The lowest BCUT2D eigenvalue weighted by Crippen LogP contribution is -2.31. The molecule has 5 heteroatoms. The number of benzene rings is 1. The minimum absolute atomic E-state index is 0.0531. The molecule has 0 saturated heterocycles. The van der Waals surface area contributed by atoms with Gasteiger partial charge in [0.25, 0.3) is 5.91 Å². The largest absolute Gasteiger partial charge is 0.370 e. The van der Waals surface area contributed by atoms with E-state index in [0.29, 0.717) is 30.4 Å². The van der Waals surface area contributed by atoms with E-state index in [1.807, 2.05) is 44.2 Å². The van der Waals surface area contributed by atoms with E-state index in [1.54, 1.807) is 11.0 Å². The molecule has 1 aromatic carbocycles. The van der Waals surface area contributed by atoms with Crippen molar-refractivity contribution >= 4 is 11.7 Å². The van der Waals surface area contributed by atoms with Crippen LogP contribution in [-0.4, -0.2) is 40.4 Å². The molecule has 0 fully saturated rings. The fourth-order valence-corrected chi connectivity index (χ4v) is 3.52. The standard InChI is InChI=1S/C23H30N4O/c1-3-27(4-2)23(28)20-17-21(24-16-15-18-11-7-5-8-12-18)26-22(25-20)19-13-9-6-10-14-19/h6,9-11,13-14,17H,3-5,7-8,12,15-16H2,1-2H3,(H,24,25,26). The van der Waals surface area contributed by atoms with E-state index < -0.39 is 0 Å². The average Bonchev–Trinajstić information content (AvgIpc) is 2.76. The molecule has 1 N–H and O–H groups in total. The Morgan fingerprint density at radius 2 is 1.89 bits per heavy atom. The van der Waals surface area contributed by atoms with Crippen LogP contribution in [0.15, 0.2) is 48.0 Å². The van der Waals surface area contributed by atoms with Gasteiger partial charge in [0, 0.05) is 31.3 Å². The van der Waals surface area contributed by atoms with E-state index in [9.17, 15) is 4.79 Å². The lowest BCUT2D eigenvalue weighted by atomic mass is 9.97. The Morgan fingerprint density at radius 1 is 1.11 bits per heavy atom. The molecule has 1 amide bonds. The molecule has 1 aliphatic rings. The van der Waals surface area contributed by atoms with Crippen molar-refractivity contribution in [2.75, 3.05) is 25.0 Å². The number of allylic oxidation sites excluding steroid dienone is 1. The maximum absolute atomic E-state index is 12.9. The summed E-state index contributed by atoms with van der Waals surface area (Å²) in [5.74, 6) is 1.24. The number of rotatable bonds is 8. The average molecular weight is 379 g/mol. The van der Waals surface area contributed by atoms with Gasteiger partial charge in [0.15, 0.2) is 5.82 Å². The van der Waals surface area contributed by atoms with E-state index in [0.717, 1.165) is 18.5 Å². The first-order chi connectivity index (χ1) is 13.7. The summed E-state index contributed by atoms with van der Waals surface area (Å²) in [5.41, 5.74) is 2.88. The fourth-order valence-electron chi connectivity index (χ4n) is 3.52. The molecule has 1 aromatic heterocycles. The number of carbonyl (C=O) groups is 1. The van der Waals surface area contributed by atoms with E-state index in [2.05, 4.69) is 21.4 Å². The molecule has 5 nitrogen and oxygen atoms in total. The van der Waals surface area contributed by atoms with Crippen molar-refractivity contribution in [1.29, 1.82) is 0 Å². The lowest BCUT2D eigenvalue weighted by molar-refractivity contribution is 0.0767. The zero-order valence-corrected chi connectivity index (χ0v) is 16.9. The minimum atomic E-state index is -0.0531. The third-order valence-corrected chi connectivity index (χ3v) is 5.17. The Bertz CT molecular complexity index is 813. The van der Waals surface area contributed by atoms with Crippen LogP contribution < -0.4 is 5.32 Å². The van der Waals surface area contributed by atoms with Crippen LogP contribution in [0.1, 0.15) is 56.4 Å². The SMILES string of the molecule is CCN(CC)C(=O)c1cc(NCCC2=CCCCC2)nc(-c2ccccc2)n1. The quantitative estimate of drug-likeness (QED) is 0.662. The van der Waals surface area contributed by atoms with Crippen molar-refractivity contribution in [3.05, 3.63) is 53.7 Å². The molecular weight excluding hydrogens is 348 g/mol. The third-order valence-electron chi connectivity index (χ3n) is 5.17. The molecule has 0 spiro atoms. The minimum Gasteiger partial charge on any atom is -0.370 e. The van der Waals surface area contributed by atoms with Crippen molar-refractivity contribution in [3.63, 3.8) is 0 Å². The molecule has 148 valence electrons. The van der Waals surface area contributed by atoms with E-state index in [4.69, 9.17) is 0 Å². The Morgan fingerprint density at radius 3 is 2.57 bits per heavy atom. The van der Waals surface area contributed by atoms with Crippen LogP contribution >= 0.6 is 0 Å². The summed E-state index contributed by atoms with van der Waals surface area (Å²) < 4.78 is 0. The smallest absolute Gasteiger partial charge is 0.272 e. The van der Waals surface area contributed by atoms with E-state index in [1.165, 1.54) is 31.3 Å². The normalized spacial score (nSPS) is 13.7. The molecule has 0 radical (unpaired) electrons. The van der Waals surface area contributed by atoms with Gasteiger partial charge >= 0.3 is 0 Å². The number of amides is 1. The molecule has 28 heavy (non-hydrogen) atoms. The van der Waals surface area contributed by atoms with Gasteiger partial charge < -0.3 is 10.2 Å². The van der Waals surface area contributed by atoms with Gasteiger partial charge in [-0.3, -0.25) is 4.79 Å². The highest BCUT2D eigenvalue weighted by Crippen LogP contribution is 2.21. The summed E-state index contributed by atoms with van der Waals surface area (Å²) in [7, 11) is 0. The molecule has 0 unspecified atom stereocenters. The van der Waals surface area contributed by atoms with Crippen LogP contribution in [0.4, 0.5) is 5.82 Å². The summed E-state index contributed by atoms with van der Waals surface area (Å²) in [5, 5.41) is 3.41. The Labute approximate surface area is 167 Å². The van der Waals surface area contributed by atoms with Gasteiger partial charge in [0.2, 0.25) is 0 Å². The van der Waals surface area contributed by atoms with Crippen molar-refractivity contribution in [1.82, 2.24) is 14.9 Å². The molecule has 0 aliphatic heterocycles. The van der Waals surface area contributed by atoms with Crippen molar-refractivity contribution in [2.24, 2.45) is 0 Å². The van der Waals surface area contributed by atoms with Crippen LogP contribution in [0.2, 0.25) is 0 Å². The number of nitrogens with zero attached hydrogens (tertiary/aromatic N) is 3. The Hall–Kier alpha value is -2.69. The predicted molar refractivity (Wildman–Crippen MR) is 114 cm³/mol. The van der Waals surface area contributed by atoms with Crippen molar-refractivity contribution in [2.45, 2.75) is 46.0 Å². The zero-order valence-electron chi connectivity index (χ0n) is 16.9. The number of aromatic nitrogens is 2. The highest BCUT2D eigenvalue weighted by atomic mass is 16.2. The monoisotopic (exact) mass is 378 g/mol.